The van der Waals surface area contributed by atoms with Crippen LogP contribution in [0.3, 0.4) is 0 Å². The molecule has 20 heavy (non-hydrogen) atoms. The first-order valence-corrected chi connectivity index (χ1v) is 8.50. The number of nitrogens with two attached hydrogens (primary N) is 1. The summed E-state index contributed by atoms with van der Waals surface area (Å²) < 4.78 is 0. The Morgan fingerprint density at radius 3 is 2.95 bits per heavy atom. The van der Waals surface area contributed by atoms with Gasteiger partial charge in [-0.25, -0.2) is 9.97 Å². The molecule has 1 aliphatic rings. The number of nitrogens with zero attached hydrogens (tertiary/aromatic N) is 2. The SMILES string of the molecule is Nc1nc(-c2cc3c(s2)CCSC3)nc2ccccc12. The third-order valence-electron chi connectivity index (χ3n) is 3.48. The van der Waals surface area contributed by atoms with Crippen molar-refractivity contribution in [1.82, 2.24) is 9.97 Å². The maximum Gasteiger partial charge on any atom is 0.172 e. The fraction of sp³-hybridized carbons (Fsp3) is 0.200. The number of hydrogen-bond acceptors (Lipinski definition) is 5. The summed E-state index contributed by atoms with van der Waals surface area (Å²) in [6.07, 6.45) is 1.16. The summed E-state index contributed by atoms with van der Waals surface area (Å²) in [6.45, 7) is 0. The van der Waals surface area contributed by atoms with Crippen LogP contribution in [-0.4, -0.2) is 15.7 Å². The van der Waals surface area contributed by atoms with Crippen molar-refractivity contribution in [2.75, 3.05) is 11.5 Å². The molecular weight excluding hydrogens is 286 g/mol. The monoisotopic (exact) mass is 299 g/mol. The molecule has 0 amide bonds. The molecule has 2 N–H and O–H groups in total. The summed E-state index contributed by atoms with van der Waals surface area (Å²) in [5, 5.41) is 0.924. The van der Waals surface area contributed by atoms with E-state index in [0.717, 1.165) is 33.8 Å². The normalized spacial score (nSPS) is 14.4. The van der Waals surface area contributed by atoms with Gasteiger partial charge in [0.25, 0.3) is 0 Å². The van der Waals surface area contributed by atoms with Crippen molar-refractivity contribution in [3.05, 3.63) is 40.8 Å². The molecule has 5 heteroatoms. The first-order valence-electron chi connectivity index (χ1n) is 6.53. The van der Waals surface area contributed by atoms with Crippen LogP contribution in [0, 0.1) is 0 Å². The van der Waals surface area contributed by atoms with E-state index in [9.17, 15) is 0 Å². The molecule has 0 atom stereocenters. The number of anilines is 1. The van der Waals surface area contributed by atoms with Gasteiger partial charge in [-0.05, 0) is 35.9 Å². The predicted octanol–water partition coefficient (Wildman–Crippen LogP) is 3.73. The van der Waals surface area contributed by atoms with E-state index in [1.807, 2.05) is 47.4 Å². The van der Waals surface area contributed by atoms with Crippen LogP contribution in [0.25, 0.3) is 21.6 Å². The lowest BCUT2D eigenvalue weighted by Gasteiger charge is -2.08. The topological polar surface area (TPSA) is 51.8 Å². The zero-order valence-electron chi connectivity index (χ0n) is 10.8. The van der Waals surface area contributed by atoms with Crippen molar-refractivity contribution in [3.8, 4) is 10.7 Å². The van der Waals surface area contributed by atoms with Crippen LogP contribution in [0.15, 0.2) is 30.3 Å². The molecule has 0 saturated carbocycles. The van der Waals surface area contributed by atoms with Crippen LogP contribution < -0.4 is 5.73 Å². The van der Waals surface area contributed by atoms with Crippen molar-refractivity contribution >= 4 is 39.8 Å². The number of aryl methyl sites for hydroxylation is 1. The summed E-state index contributed by atoms with van der Waals surface area (Å²) >= 11 is 3.80. The lowest BCUT2D eigenvalue weighted by atomic mass is 10.2. The molecule has 0 radical (unpaired) electrons. The summed E-state index contributed by atoms with van der Waals surface area (Å²) in [5.41, 5.74) is 8.42. The first kappa shape index (κ1) is 12.2. The van der Waals surface area contributed by atoms with Crippen LogP contribution in [-0.2, 0) is 12.2 Å². The molecule has 0 unspecified atom stereocenters. The summed E-state index contributed by atoms with van der Waals surface area (Å²) in [7, 11) is 0. The van der Waals surface area contributed by atoms with Gasteiger partial charge in [0.1, 0.15) is 5.82 Å². The molecule has 0 spiro atoms. The standard InChI is InChI=1S/C15H13N3S2/c16-14-10-3-1-2-4-11(10)17-15(18-14)13-7-9-8-19-6-5-12(9)20-13/h1-4,7H,5-6,8H2,(H2,16,17,18). The first-order chi connectivity index (χ1) is 9.81. The average Bonchev–Trinajstić information content (AvgIpc) is 2.91. The molecule has 2 aromatic heterocycles. The molecule has 4 rings (SSSR count). The van der Waals surface area contributed by atoms with Gasteiger partial charge < -0.3 is 5.73 Å². The molecule has 0 bridgehead atoms. The number of thioether (sulfide) groups is 1. The highest BCUT2D eigenvalue weighted by molar-refractivity contribution is 7.98. The fourth-order valence-electron chi connectivity index (χ4n) is 2.47. The minimum atomic E-state index is 0.561. The van der Waals surface area contributed by atoms with Gasteiger partial charge in [-0.2, -0.15) is 11.8 Å². The van der Waals surface area contributed by atoms with E-state index in [-0.39, 0.29) is 0 Å². The maximum absolute atomic E-state index is 6.07. The van der Waals surface area contributed by atoms with Crippen LogP contribution >= 0.6 is 23.1 Å². The highest BCUT2D eigenvalue weighted by Crippen LogP contribution is 2.36. The zero-order valence-corrected chi connectivity index (χ0v) is 12.4. The van der Waals surface area contributed by atoms with E-state index >= 15 is 0 Å². The second kappa shape index (κ2) is 4.75. The zero-order chi connectivity index (χ0) is 13.5. The average molecular weight is 299 g/mol. The van der Waals surface area contributed by atoms with E-state index in [1.54, 1.807) is 0 Å². The largest absolute Gasteiger partial charge is 0.383 e. The minimum Gasteiger partial charge on any atom is -0.383 e. The number of rotatable bonds is 1. The lowest BCUT2D eigenvalue weighted by molar-refractivity contribution is 1.13. The van der Waals surface area contributed by atoms with Crippen LogP contribution in [0.4, 0.5) is 5.82 Å². The van der Waals surface area contributed by atoms with E-state index in [1.165, 1.54) is 16.2 Å². The van der Waals surface area contributed by atoms with Crippen molar-refractivity contribution in [3.63, 3.8) is 0 Å². The minimum absolute atomic E-state index is 0.561. The molecule has 100 valence electrons. The van der Waals surface area contributed by atoms with Crippen LogP contribution in [0.2, 0.25) is 0 Å². The molecule has 1 aliphatic heterocycles. The third-order valence-corrected chi connectivity index (χ3v) is 5.72. The van der Waals surface area contributed by atoms with Crippen molar-refractivity contribution in [2.24, 2.45) is 0 Å². The molecule has 3 aromatic rings. The number of thiophene rings is 1. The van der Waals surface area contributed by atoms with Crippen LogP contribution in [0.5, 0.6) is 0 Å². The number of hydrogen-bond donors (Lipinski definition) is 1. The molecule has 0 fully saturated rings. The van der Waals surface area contributed by atoms with E-state index in [2.05, 4.69) is 16.0 Å². The van der Waals surface area contributed by atoms with Gasteiger partial charge in [-0.1, -0.05) is 12.1 Å². The van der Waals surface area contributed by atoms with Crippen LogP contribution in [0.1, 0.15) is 10.4 Å². The van der Waals surface area contributed by atoms with Crippen molar-refractivity contribution in [2.45, 2.75) is 12.2 Å². The Balaban J connectivity index is 1.87. The van der Waals surface area contributed by atoms with Crippen molar-refractivity contribution < 1.29 is 0 Å². The van der Waals surface area contributed by atoms with Crippen molar-refractivity contribution in [1.29, 1.82) is 0 Å². The highest BCUT2D eigenvalue weighted by Gasteiger charge is 2.16. The van der Waals surface area contributed by atoms with Gasteiger partial charge in [0.15, 0.2) is 5.82 Å². The number of para-hydroxylation sites is 1. The molecular formula is C15H13N3S2. The van der Waals surface area contributed by atoms with Gasteiger partial charge in [-0.15, -0.1) is 11.3 Å². The van der Waals surface area contributed by atoms with E-state index in [0.29, 0.717) is 5.82 Å². The van der Waals surface area contributed by atoms with Gasteiger partial charge in [-0.3, -0.25) is 0 Å². The fourth-order valence-corrected chi connectivity index (χ4v) is 4.78. The Morgan fingerprint density at radius 2 is 2.05 bits per heavy atom. The molecule has 3 heterocycles. The number of fused-ring (bicyclic) bond motifs is 2. The summed E-state index contributed by atoms with van der Waals surface area (Å²) in [4.78, 5) is 11.8. The smallest absolute Gasteiger partial charge is 0.172 e. The molecule has 1 aromatic carbocycles. The Labute approximate surface area is 125 Å². The summed E-state index contributed by atoms with van der Waals surface area (Å²) in [6, 6.07) is 10.1. The second-order valence-corrected chi connectivity index (χ2v) is 7.05. The maximum atomic E-state index is 6.07. The van der Waals surface area contributed by atoms with Gasteiger partial charge in [0.05, 0.1) is 10.4 Å². The molecule has 0 aliphatic carbocycles. The number of benzene rings is 1. The molecule has 0 saturated heterocycles. The highest BCUT2D eigenvalue weighted by atomic mass is 32.2. The second-order valence-electron chi connectivity index (χ2n) is 4.81. The van der Waals surface area contributed by atoms with Gasteiger partial charge in [0, 0.05) is 16.0 Å². The Hall–Kier alpha value is -1.59. The van der Waals surface area contributed by atoms with E-state index < -0.39 is 0 Å². The third kappa shape index (κ3) is 1.98. The molecule has 3 nitrogen and oxygen atoms in total. The Kier molecular flexibility index (Phi) is 2.89. The van der Waals surface area contributed by atoms with Gasteiger partial charge >= 0.3 is 0 Å². The van der Waals surface area contributed by atoms with E-state index in [4.69, 9.17) is 5.73 Å². The summed E-state index contributed by atoms with van der Waals surface area (Å²) in [5.74, 6) is 3.64. The number of aromatic nitrogens is 2. The Bertz CT molecular complexity index is 771. The van der Waals surface area contributed by atoms with Gasteiger partial charge in [0.2, 0.25) is 0 Å². The number of nitrogen functional groups attached to an aromatic ring is 1. The lowest BCUT2D eigenvalue weighted by Crippen LogP contribution is -1.96. The quantitative estimate of drug-likeness (QED) is 0.744. The Morgan fingerprint density at radius 1 is 1.15 bits per heavy atom. The predicted molar refractivity (Wildman–Crippen MR) is 87.1 cm³/mol.